The summed E-state index contributed by atoms with van der Waals surface area (Å²) >= 11 is 0. The molecule has 0 fully saturated rings. The third-order valence-corrected chi connectivity index (χ3v) is 2.40. The van der Waals surface area contributed by atoms with Gasteiger partial charge in [-0.1, -0.05) is 0 Å². The summed E-state index contributed by atoms with van der Waals surface area (Å²) in [7, 11) is 1.45. The van der Waals surface area contributed by atoms with Crippen LogP contribution in [0.2, 0.25) is 0 Å². The second kappa shape index (κ2) is 5.97. The van der Waals surface area contributed by atoms with E-state index in [1.807, 2.05) is 13.8 Å². The van der Waals surface area contributed by atoms with E-state index in [0.29, 0.717) is 11.5 Å². The molecule has 0 saturated heterocycles. The molecule has 7 heteroatoms. The van der Waals surface area contributed by atoms with E-state index in [1.165, 1.54) is 26.2 Å². The van der Waals surface area contributed by atoms with E-state index in [4.69, 9.17) is 15.0 Å². The molecular formula is C12H16N3O4+. The molecule has 102 valence electrons. The number of nitrogens with one attached hydrogen (secondary N) is 1. The van der Waals surface area contributed by atoms with E-state index in [-0.39, 0.29) is 23.1 Å². The van der Waals surface area contributed by atoms with Crippen molar-refractivity contribution < 1.29 is 19.2 Å². The van der Waals surface area contributed by atoms with Gasteiger partial charge in [0.25, 0.3) is 5.69 Å². The van der Waals surface area contributed by atoms with E-state index >= 15 is 0 Å². The van der Waals surface area contributed by atoms with Crippen LogP contribution in [0.1, 0.15) is 26.3 Å². The van der Waals surface area contributed by atoms with Crippen molar-refractivity contribution in [2.45, 2.75) is 26.9 Å². The normalized spacial score (nSPS) is 9.95. The topological polar surface area (TPSA) is 99.6 Å². The van der Waals surface area contributed by atoms with Gasteiger partial charge < -0.3 is 9.47 Å². The third-order valence-electron chi connectivity index (χ3n) is 2.40. The highest BCUT2D eigenvalue weighted by Gasteiger charge is 2.26. The summed E-state index contributed by atoms with van der Waals surface area (Å²) < 4.78 is 10.6. The lowest BCUT2D eigenvalue weighted by molar-refractivity contribution is -0.385. The van der Waals surface area contributed by atoms with Gasteiger partial charge in [-0.05, 0) is 13.8 Å². The molecule has 0 aliphatic heterocycles. The van der Waals surface area contributed by atoms with Crippen LogP contribution in [-0.2, 0) is 0 Å². The number of hydrogen-bond acceptors (Lipinski definition) is 5. The van der Waals surface area contributed by atoms with Crippen LogP contribution >= 0.6 is 0 Å². The molecule has 1 aromatic rings. The standard InChI is InChI=1S/C12H16N3O4/c1-7(2)19-12-6-10(15(16)17)9(8(3)14-13)5-11(12)18-4/h5-7,13H,1-4H3/q+1. The Balaban J connectivity index is 3.50. The average Bonchev–Trinajstić information content (AvgIpc) is 2.36. The fraction of sp³-hybridized carbons (Fsp3) is 0.417. The fourth-order valence-electron chi connectivity index (χ4n) is 1.56. The van der Waals surface area contributed by atoms with Crippen molar-refractivity contribution in [2.75, 3.05) is 7.11 Å². The van der Waals surface area contributed by atoms with Crippen LogP contribution in [0.3, 0.4) is 0 Å². The van der Waals surface area contributed by atoms with Crippen molar-refractivity contribution in [1.29, 1.82) is 5.53 Å². The number of hydrogen-bond donors (Lipinski definition) is 1. The first-order chi connectivity index (χ1) is 8.90. The number of ether oxygens (including phenoxy) is 2. The molecule has 7 nitrogen and oxygen atoms in total. The summed E-state index contributed by atoms with van der Waals surface area (Å²) in [6.07, 6.45) is -0.134. The van der Waals surface area contributed by atoms with Gasteiger partial charge in [0.2, 0.25) is 0 Å². The second-order valence-corrected chi connectivity index (χ2v) is 4.14. The Morgan fingerprint density at radius 3 is 2.47 bits per heavy atom. The summed E-state index contributed by atoms with van der Waals surface area (Å²) in [5.41, 5.74) is 7.29. The predicted molar refractivity (Wildman–Crippen MR) is 68.2 cm³/mol. The average molecular weight is 266 g/mol. The van der Waals surface area contributed by atoms with Gasteiger partial charge in [-0.25, -0.2) is 0 Å². The van der Waals surface area contributed by atoms with Gasteiger partial charge in [-0.3, -0.25) is 10.1 Å². The zero-order valence-corrected chi connectivity index (χ0v) is 11.3. The second-order valence-electron chi connectivity index (χ2n) is 4.14. The zero-order chi connectivity index (χ0) is 14.6. The fourth-order valence-corrected chi connectivity index (χ4v) is 1.56. The van der Waals surface area contributed by atoms with Gasteiger partial charge in [0.05, 0.1) is 34.5 Å². The Bertz CT molecular complexity index is 548. The molecule has 0 aliphatic carbocycles. The molecule has 0 aromatic heterocycles. The molecule has 1 rings (SSSR count). The third kappa shape index (κ3) is 3.29. The van der Waals surface area contributed by atoms with Gasteiger partial charge in [0, 0.05) is 13.0 Å². The van der Waals surface area contributed by atoms with Gasteiger partial charge in [-0.15, -0.1) is 0 Å². The first-order valence-electron chi connectivity index (χ1n) is 5.65. The summed E-state index contributed by atoms with van der Waals surface area (Å²) in [4.78, 5) is 13.8. The number of nitro groups is 1. The Morgan fingerprint density at radius 1 is 1.42 bits per heavy atom. The van der Waals surface area contributed by atoms with Gasteiger partial charge in [0.15, 0.2) is 11.5 Å². The number of nitro benzene ring substituents is 1. The largest absolute Gasteiger partial charge is 0.493 e. The molecule has 0 heterocycles. The minimum Gasteiger partial charge on any atom is -0.493 e. The van der Waals surface area contributed by atoms with Crippen molar-refractivity contribution in [2.24, 2.45) is 0 Å². The Morgan fingerprint density at radius 2 is 2.05 bits per heavy atom. The first kappa shape index (κ1) is 14.7. The van der Waals surface area contributed by atoms with Crippen molar-refractivity contribution in [3.63, 3.8) is 0 Å². The molecule has 0 saturated carbocycles. The predicted octanol–water partition coefficient (Wildman–Crippen LogP) is 2.44. The highest BCUT2D eigenvalue weighted by molar-refractivity contribution is 5.99. The summed E-state index contributed by atoms with van der Waals surface area (Å²) in [6, 6.07) is 2.76. The lowest BCUT2D eigenvalue weighted by atomic mass is 10.1. The van der Waals surface area contributed by atoms with Gasteiger partial charge >= 0.3 is 5.71 Å². The van der Waals surface area contributed by atoms with Gasteiger partial charge in [0.1, 0.15) is 5.56 Å². The maximum Gasteiger partial charge on any atom is 0.352 e. The monoisotopic (exact) mass is 266 g/mol. The van der Waals surface area contributed by atoms with Crippen LogP contribution < -0.4 is 9.47 Å². The molecular weight excluding hydrogens is 250 g/mol. The summed E-state index contributed by atoms with van der Waals surface area (Å²) in [5.74, 6) is 0.669. The minimum absolute atomic E-state index is 0.134. The number of methoxy groups -OCH3 is 1. The SMILES string of the molecule is COc1cc(C(C)=[N+]=N)c([N+](=O)[O-])cc1OC(C)C. The van der Waals surface area contributed by atoms with Crippen LogP contribution in [0.25, 0.3) is 0 Å². The molecule has 0 atom stereocenters. The number of rotatable bonds is 5. The molecule has 0 aliphatic rings. The summed E-state index contributed by atoms with van der Waals surface area (Å²) in [5, 5.41) is 11.1. The van der Waals surface area contributed by atoms with Crippen LogP contribution in [0, 0.1) is 15.6 Å². The van der Waals surface area contributed by atoms with Crippen molar-refractivity contribution in [1.82, 2.24) is 0 Å². The van der Waals surface area contributed by atoms with Crippen molar-refractivity contribution >= 4 is 11.4 Å². The van der Waals surface area contributed by atoms with E-state index in [9.17, 15) is 10.1 Å². The van der Waals surface area contributed by atoms with Crippen LogP contribution in [0.4, 0.5) is 5.69 Å². The maximum absolute atomic E-state index is 11.1. The molecule has 1 aromatic carbocycles. The molecule has 0 radical (unpaired) electrons. The first-order valence-corrected chi connectivity index (χ1v) is 5.65. The Hall–Kier alpha value is -2.40. The summed E-state index contributed by atoms with van der Waals surface area (Å²) in [6.45, 7) is 5.16. The lowest BCUT2D eigenvalue weighted by Crippen LogP contribution is -2.09. The van der Waals surface area contributed by atoms with Crippen molar-refractivity contribution in [3.8, 4) is 11.5 Å². The molecule has 0 bridgehead atoms. The molecule has 0 amide bonds. The molecule has 19 heavy (non-hydrogen) atoms. The minimum atomic E-state index is -0.531. The highest BCUT2D eigenvalue weighted by Crippen LogP contribution is 2.35. The smallest absolute Gasteiger partial charge is 0.352 e. The highest BCUT2D eigenvalue weighted by atomic mass is 16.6. The quantitative estimate of drug-likeness (QED) is 0.291. The number of nitrogens with zero attached hydrogens (tertiary/aromatic N) is 2. The van der Waals surface area contributed by atoms with Crippen LogP contribution in [0.5, 0.6) is 11.5 Å². The molecule has 1 N–H and O–H groups in total. The van der Waals surface area contributed by atoms with Crippen LogP contribution in [0.15, 0.2) is 12.1 Å². The maximum atomic E-state index is 11.1. The van der Waals surface area contributed by atoms with E-state index in [1.54, 1.807) is 0 Å². The van der Waals surface area contributed by atoms with E-state index < -0.39 is 4.92 Å². The molecule has 0 unspecified atom stereocenters. The van der Waals surface area contributed by atoms with E-state index in [0.717, 1.165) is 0 Å². The van der Waals surface area contributed by atoms with Gasteiger partial charge in [-0.2, -0.15) is 0 Å². The molecule has 0 spiro atoms. The number of benzene rings is 1. The Labute approximate surface area is 110 Å². The Kier molecular flexibility index (Phi) is 4.61. The lowest BCUT2D eigenvalue weighted by Gasteiger charge is -2.13. The van der Waals surface area contributed by atoms with Crippen LogP contribution in [-0.4, -0.2) is 28.6 Å². The van der Waals surface area contributed by atoms with E-state index in [2.05, 4.69) is 4.79 Å². The van der Waals surface area contributed by atoms with Crippen molar-refractivity contribution in [3.05, 3.63) is 27.8 Å². The zero-order valence-electron chi connectivity index (χ0n) is 11.3.